The summed E-state index contributed by atoms with van der Waals surface area (Å²) >= 11 is 3.50. The molecule has 0 fully saturated rings. The van der Waals surface area contributed by atoms with Gasteiger partial charge in [0.15, 0.2) is 5.76 Å². The Morgan fingerprint density at radius 2 is 1.83 bits per heavy atom. The van der Waals surface area contributed by atoms with Gasteiger partial charge in [0.25, 0.3) is 0 Å². The third-order valence-corrected chi connectivity index (χ3v) is 5.26. The lowest BCUT2D eigenvalue weighted by Gasteiger charge is -2.13. The Kier molecular flexibility index (Phi) is 5.41. The molecule has 29 heavy (non-hydrogen) atoms. The molecule has 0 aliphatic rings. The summed E-state index contributed by atoms with van der Waals surface area (Å²) in [6.45, 7) is 2.29. The van der Waals surface area contributed by atoms with E-state index in [1.54, 1.807) is 19.2 Å². The van der Waals surface area contributed by atoms with Gasteiger partial charge in [-0.1, -0.05) is 42.0 Å². The molecule has 146 valence electrons. The number of ether oxygens (including phenoxy) is 2. The highest BCUT2D eigenvalue weighted by Crippen LogP contribution is 2.35. The van der Waals surface area contributed by atoms with Gasteiger partial charge in [-0.25, -0.2) is 0 Å². The van der Waals surface area contributed by atoms with Crippen LogP contribution in [-0.4, -0.2) is 7.11 Å². The third-order valence-electron chi connectivity index (χ3n) is 4.64. The molecule has 5 heteroatoms. The first kappa shape index (κ1) is 19.3. The summed E-state index contributed by atoms with van der Waals surface area (Å²) in [7, 11) is 1.60. The second-order valence-corrected chi connectivity index (χ2v) is 7.57. The Morgan fingerprint density at radius 1 is 1.00 bits per heavy atom. The van der Waals surface area contributed by atoms with Gasteiger partial charge < -0.3 is 13.9 Å². The fourth-order valence-electron chi connectivity index (χ4n) is 3.21. The number of rotatable bonds is 5. The molecule has 1 aromatic heterocycles. The van der Waals surface area contributed by atoms with Crippen molar-refractivity contribution in [3.05, 3.63) is 92.6 Å². The molecule has 0 atom stereocenters. The number of hydrogen-bond donors (Lipinski definition) is 0. The van der Waals surface area contributed by atoms with Crippen molar-refractivity contribution in [1.82, 2.24) is 0 Å². The topological polar surface area (TPSA) is 48.7 Å². The molecule has 0 unspecified atom stereocenters. The zero-order chi connectivity index (χ0) is 20.4. The highest BCUT2D eigenvalue weighted by Gasteiger charge is 2.19. The molecule has 0 spiro atoms. The second-order valence-electron chi connectivity index (χ2n) is 6.71. The van der Waals surface area contributed by atoms with Crippen LogP contribution in [0.4, 0.5) is 0 Å². The van der Waals surface area contributed by atoms with Crippen LogP contribution in [0.15, 0.2) is 80.4 Å². The minimum atomic E-state index is -0.193. The largest absolute Gasteiger partial charge is 0.496 e. The molecule has 0 aliphatic carbocycles. The van der Waals surface area contributed by atoms with Crippen molar-refractivity contribution in [3.63, 3.8) is 0 Å². The summed E-state index contributed by atoms with van der Waals surface area (Å²) in [5.74, 6) is 1.28. The van der Waals surface area contributed by atoms with Gasteiger partial charge in [0.05, 0.1) is 17.0 Å². The van der Waals surface area contributed by atoms with Crippen LogP contribution in [0.5, 0.6) is 11.5 Å². The van der Waals surface area contributed by atoms with E-state index in [2.05, 4.69) is 15.9 Å². The van der Waals surface area contributed by atoms with Crippen LogP contribution in [0.25, 0.3) is 22.3 Å². The Balaban J connectivity index is 1.84. The molecule has 0 N–H and O–H groups in total. The lowest BCUT2D eigenvalue weighted by molar-refractivity contribution is 0.298. The molecule has 3 aromatic carbocycles. The Labute approximate surface area is 176 Å². The van der Waals surface area contributed by atoms with Crippen molar-refractivity contribution in [2.75, 3.05) is 7.11 Å². The number of benzene rings is 3. The molecule has 0 bridgehead atoms. The summed E-state index contributed by atoms with van der Waals surface area (Å²) < 4.78 is 18.2. The van der Waals surface area contributed by atoms with Gasteiger partial charge in [0.2, 0.25) is 11.2 Å². The quantitative estimate of drug-likeness (QED) is 0.367. The fourth-order valence-corrected chi connectivity index (χ4v) is 3.75. The Bertz CT molecular complexity index is 1240. The summed E-state index contributed by atoms with van der Waals surface area (Å²) in [5, 5.41) is 0.489. The number of hydrogen-bond acceptors (Lipinski definition) is 4. The lowest BCUT2D eigenvalue weighted by Crippen LogP contribution is -2.10. The molecule has 0 saturated carbocycles. The van der Waals surface area contributed by atoms with Crippen LogP contribution in [-0.2, 0) is 6.61 Å². The minimum absolute atomic E-state index is 0.193. The minimum Gasteiger partial charge on any atom is -0.496 e. The predicted octanol–water partition coefficient (Wildman–Crippen LogP) is 6.12. The molecule has 0 aliphatic heterocycles. The van der Waals surface area contributed by atoms with Gasteiger partial charge in [0, 0.05) is 5.56 Å². The first-order valence-corrected chi connectivity index (χ1v) is 9.94. The predicted molar refractivity (Wildman–Crippen MR) is 118 cm³/mol. The molecule has 4 aromatic rings. The van der Waals surface area contributed by atoms with E-state index in [-0.39, 0.29) is 17.8 Å². The number of para-hydroxylation sites is 1. The monoisotopic (exact) mass is 450 g/mol. The average Bonchev–Trinajstić information content (AvgIpc) is 2.73. The molecular formula is C24H19BrO4. The fraction of sp³-hybridized carbons (Fsp3) is 0.125. The first-order chi connectivity index (χ1) is 14.1. The lowest BCUT2D eigenvalue weighted by atomic mass is 10.1. The van der Waals surface area contributed by atoms with Crippen molar-refractivity contribution >= 4 is 26.9 Å². The number of methoxy groups -OCH3 is 1. The van der Waals surface area contributed by atoms with E-state index in [0.717, 1.165) is 21.2 Å². The summed E-state index contributed by atoms with van der Waals surface area (Å²) in [6.07, 6.45) is 0. The normalized spacial score (nSPS) is 10.9. The van der Waals surface area contributed by atoms with E-state index < -0.39 is 0 Å². The van der Waals surface area contributed by atoms with E-state index in [1.165, 1.54) is 0 Å². The summed E-state index contributed by atoms with van der Waals surface area (Å²) in [6, 6.07) is 20.7. The summed E-state index contributed by atoms with van der Waals surface area (Å²) in [4.78, 5) is 13.2. The number of halogens is 1. The smallest absolute Gasteiger partial charge is 0.235 e. The maximum absolute atomic E-state index is 13.2. The number of fused-ring (bicyclic) bond motifs is 1. The van der Waals surface area contributed by atoms with Crippen molar-refractivity contribution in [3.8, 4) is 22.8 Å². The van der Waals surface area contributed by atoms with E-state index in [4.69, 9.17) is 13.9 Å². The van der Waals surface area contributed by atoms with Crippen LogP contribution >= 0.6 is 15.9 Å². The maximum atomic E-state index is 13.2. The molecule has 0 saturated heterocycles. The van der Waals surface area contributed by atoms with Crippen molar-refractivity contribution in [1.29, 1.82) is 0 Å². The number of aryl methyl sites for hydroxylation is 1. The van der Waals surface area contributed by atoms with Gasteiger partial charge in [-0.15, -0.1) is 0 Å². The first-order valence-electron chi connectivity index (χ1n) is 9.15. The SMILES string of the molecule is COc1ccc(-c2oc3ccccc3c(=O)c2OCc2cccc(C)c2)cc1Br. The van der Waals surface area contributed by atoms with Gasteiger partial charge >= 0.3 is 0 Å². The molecule has 1 heterocycles. The third kappa shape index (κ3) is 3.91. The molecule has 0 amide bonds. The average molecular weight is 451 g/mol. The molecular weight excluding hydrogens is 432 g/mol. The molecule has 0 radical (unpaired) electrons. The van der Waals surface area contributed by atoms with Crippen LogP contribution < -0.4 is 14.9 Å². The van der Waals surface area contributed by atoms with Crippen LogP contribution in [0, 0.1) is 6.92 Å². The van der Waals surface area contributed by atoms with Crippen LogP contribution in [0.3, 0.4) is 0 Å². The van der Waals surface area contributed by atoms with Gasteiger partial charge in [-0.3, -0.25) is 4.79 Å². The van der Waals surface area contributed by atoms with Gasteiger partial charge in [0.1, 0.15) is 17.9 Å². The van der Waals surface area contributed by atoms with E-state index >= 15 is 0 Å². The zero-order valence-electron chi connectivity index (χ0n) is 16.1. The van der Waals surface area contributed by atoms with Crippen LogP contribution in [0.2, 0.25) is 0 Å². The zero-order valence-corrected chi connectivity index (χ0v) is 17.7. The Morgan fingerprint density at radius 3 is 2.59 bits per heavy atom. The van der Waals surface area contributed by atoms with Crippen molar-refractivity contribution in [2.24, 2.45) is 0 Å². The maximum Gasteiger partial charge on any atom is 0.235 e. The highest BCUT2D eigenvalue weighted by atomic mass is 79.9. The van der Waals surface area contributed by atoms with Crippen molar-refractivity contribution in [2.45, 2.75) is 13.5 Å². The molecule has 4 nitrogen and oxygen atoms in total. The van der Waals surface area contributed by atoms with E-state index in [9.17, 15) is 4.79 Å². The Hall–Kier alpha value is -3.05. The van der Waals surface area contributed by atoms with E-state index in [0.29, 0.717) is 22.5 Å². The standard InChI is InChI=1S/C24H19BrO4/c1-15-6-5-7-16(12-15)14-28-24-22(26)18-8-3-4-9-20(18)29-23(24)17-10-11-21(27-2)19(25)13-17/h3-13H,14H2,1-2H3. The van der Waals surface area contributed by atoms with Gasteiger partial charge in [-0.2, -0.15) is 0 Å². The van der Waals surface area contributed by atoms with Crippen molar-refractivity contribution < 1.29 is 13.9 Å². The van der Waals surface area contributed by atoms with E-state index in [1.807, 2.05) is 61.5 Å². The molecule has 4 rings (SSSR count). The second kappa shape index (κ2) is 8.13. The highest BCUT2D eigenvalue weighted by molar-refractivity contribution is 9.10. The van der Waals surface area contributed by atoms with Crippen LogP contribution in [0.1, 0.15) is 11.1 Å². The van der Waals surface area contributed by atoms with Gasteiger partial charge in [-0.05, 0) is 58.7 Å². The summed E-state index contributed by atoms with van der Waals surface area (Å²) in [5.41, 5.74) is 3.17.